The van der Waals surface area contributed by atoms with E-state index in [0.29, 0.717) is 6.54 Å². The van der Waals surface area contributed by atoms with Gasteiger partial charge in [0.05, 0.1) is 11.4 Å². The summed E-state index contributed by atoms with van der Waals surface area (Å²) in [5, 5.41) is 13.1. The van der Waals surface area contributed by atoms with Crippen molar-refractivity contribution in [3.05, 3.63) is 71.9 Å². The zero-order valence-electron chi connectivity index (χ0n) is 19.3. The van der Waals surface area contributed by atoms with Crippen molar-refractivity contribution in [3.8, 4) is 16.9 Å². The van der Waals surface area contributed by atoms with Gasteiger partial charge in [-0.25, -0.2) is 4.68 Å². The molecular formula is C28H32N4S. The second-order valence-corrected chi connectivity index (χ2v) is 11.1. The lowest BCUT2D eigenvalue weighted by Crippen LogP contribution is -2.61. The van der Waals surface area contributed by atoms with Crippen LogP contribution < -0.4 is 10.6 Å². The van der Waals surface area contributed by atoms with Crippen LogP contribution in [-0.4, -0.2) is 20.4 Å². The van der Waals surface area contributed by atoms with E-state index in [-0.39, 0.29) is 5.54 Å². The Balaban J connectivity index is 1.21. The molecule has 5 heteroatoms. The van der Waals surface area contributed by atoms with Gasteiger partial charge >= 0.3 is 0 Å². The summed E-state index contributed by atoms with van der Waals surface area (Å²) < 4.78 is 1.97. The van der Waals surface area contributed by atoms with Crippen LogP contribution in [0.2, 0.25) is 0 Å². The van der Waals surface area contributed by atoms with Gasteiger partial charge in [-0.2, -0.15) is 5.10 Å². The fourth-order valence-corrected chi connectivity index (χ4v) is 7.22. The molecule has 2 aromatic carbocycles. The minimum Gasteiger partial charge on any atom is -0.359 e. The minimum atomic E-state index is 0.229. The van der Waals surface area contributed by atoms with Crippen molar-refractivity contribution in [2.75, 3.05) is 0 Å². The van der Waals surface area contributed by atoms with Crippen molar-refractivity contribution in [2.24, 2.45) is 17.8 Å². The molecule has 7 rings (SSSR count). The Morgan fingerprint density at radius 3 is 2.24 bits per heavy atom. The molecule has 0 radical (unpaired) electrons. The van der Waals surface area contributed by atoms with Crippen molar-refractivity contribution in [1.82, 2.24) is 20.4 Å². The molecule has 0 unspecified atom stereocenters. The molecule has 3 aromatic rings. The maximum absolute atomic E-state index is 5.82. The van der Waals surface area contributed by atoms with Gasteiger partial charge in [-0.1, -0.05) is 48.0 Å². The molecule has 4 aliphatic rings. The van der Waals surface area contributed by atoms with Gasteiger partial charge in [-0.15, -0.1) is 0 Å². The van der Waals surface area contributed by atoms with Gasteiger partial charge in [-0.3, -0.25) is 0 Å². The molecule has 1 heterocycles. The molecule has 4 fully saturated rings. The lowest BCUT2D eigenvalue weighted by Gasteiger charge is -2.57. The van der Waals surface area contributed by atoms with Gasteiger partial charge in [0.1, 0.15) is 0 Å². The summed E-state index contributed by atoms with van der Waals surface area (Å²) in [5.74, 6) is 2.72. The molecule has 0 atom stereocenters. The van der Waals surface area contributed by atoms with Gasteiger partial charge in [0, 0.05) is 29.4 Å². The van der Waals surface area contributed by atoms with E-state index in [0.717, 1.165) is 45.4 Å². The Morgan fingerprint density at radius 2 is 1.61 bits per heavy atom. The van der Waals surface area contributed by atoms with Crippen LogP contribution >= 0.6 is 12.2 Å². The van der Waals surface area contributed by atoms with Crippen molar-refractivity contribution < 1.29 is 0 Å². The molecule has 2 N–H and O–H groups in total. The molecule has 0 spiro atoms. The number of hydrogen-bond acceptors (Lipinski definition) is 2. The maximum Gasteiger partial charge on any atom is 0.166 e. The van der Waals surface area contributed by atoms with E-state index in [4.69, 9.17) is 17.3 Å². The molecule has 33 heavy (non-hydrogen) atoms. The monoisotopic (exact) mass is 456 g/mol. The average molecular weight is 457 g/mol. The summed E-state index contributed by atoms with van der Waals surface area (Å²) in [7, 11) is 0. The Kier molecular flexibility index (Phi) is 5.25. The van der Waals surface area contributed by atoms with Crippen molar-refractivity contribution in [3.63, 3.8) is 0 Å². The van der Waals surface area contributed by atoms with Gasteiger partial charge in [0.2, 0.25) is 0 Å². The number of hydrogen-bond donors (Lipinski definition) is 2. The van der Waals surface area contributed by atoms with Gasteiger partial charge < -0.3 is 10.6 Å². The molecule has 0 amide bonds. The number of nitrogens with zero attached hydrogens (tertiary/aromatic N) is 2. The van der Waals surface area contributed by atoms with Crippen LogP contribution in [0.1, 0.15) is 49.7 Å². The molecule has 0 aliphatic heterocycles. The van der Waals surface area contributed by atoms with E-state index in [1.807, 2.05) is 22.9 Å². The van der Waals surface area contributed by atoms with Gasteiger partial charge in [0.15, 0.2) is 5.11 Å². The van der Waals surface area contributed by atoms with Crippen molar-refractivity contribution >= 4 is 17.3 Å². The third-order valence-electron chi connectivity index (χ3n) is 7.99. The average Bonchev–Trinajstić information content (AvgIpc) is 3.22. The second kappa shape index (κ2) is 8.28. The summed E-state index contributed by atoms with van der Waals surface area (Å²) >= 11 is 5.82. The van der Waals surface area contributed by atoms with Crippen LogP contribution in [0.3, 0.4) is 0 Å². The first-order chi connectivity index (χ1) is 16.1. The fraction of sp³-hybridized carbons (Fsp3) is 0.429. The fourth-order valence-electron chi connectivity index (χ4n) is 6.93. The van der Waals surface area contributed by atoms with Crippen LogP contribution in [0.25, 0.3) is 16.9 Å². The molecule has 4 saturated carbocycles. The Morgan fingerprint density at radius 1 is 0.970 bits per heavy atom. The highest BCUT2D eigenvalue weighted by molar-refractivity contribution is 7.80. The zero-order chi connectivity index (χ0) is 22.4. The highest BCUT2D eigenvalue weighted by Gasteiger charge is 2.51. The van der Waals surface area contributed by atoms with Gasteiger partial charge in [-0.05, 0) is 87.6 Å². The SMILES string of the molecule is Cc1ccc(-c2nn(-c3ccccc3)cc2CNC(=S)NC23CC4CC(CC(C4)C2)C3)cc1. The third kappa shape index (κ3) is 4.19. The third-order valence-corrected chi connectivity index (χ3v) is 8.24. The first kappa shape index (κ1) is 20.9. The summed E-state index contributed by atoms with van der Waals surface area (Å²) in [4.78, 5) is 0. The summed E-state index contributed by atoms with van der Waals surface area (Å²) in [6.07, 6.45) is 10.3. The van der Waals surface area contributed by atoms with E-state index in [2.05, 4.69) is 60.2 Å². The van der Waals surface area contributed by atoms with Crippen LogP contribution in [-0.2, 0) is 6.54 Å². The topological polar surface area (TPSA) is 41.9 Å². The van der Waals surface area contributed by atoms with Crippen molar-refractivity contribution in [1.29, 1.82) is 0 Å². The predicted molar refractivity (Wildman–Crippen MR) is 137 cm³/mol. The van der Waals surface area contributed by atoms with E-state index < -0.39 is 0 Å². The summed E-state index contributed by atoms with van der Waals surface area (Å²) in [5.41, 5.74) is 5.83. The Hall–Kier alpha value is -2.66. The first-order valence-corrected chi connectivity index (χ1v) is 12.7. The molecule has 4 nitrogen and oxygen atoms in total. The highest BCUT2D eigenvalue weighted by Crippen LogP contribution is 2.55. The number of benzene rings is 2. The summed E-state index contributed by atoms with van der Waals surface area (Å²) in [6.45, 7) is 2.78. The number of para-hydroxylation sites is 1. The second-order valence-electron chi connectivity index (χ2n) is 10.7. The smallest absolute Gasteiger partial charge is 0.166 e. The van der Waals surface area contributed by atoms with Crippen LogP contribution in [0.15, 0.2) is 60.8 Å². The van der Waals surface area contributed by atoms with E-state index in [9.17, 15) is 0 Å². The molecule has 1 aromatic heterocycles. The standard InChI is InChI=1S/C28H32N4S/c1-19-7-9-23(10-8-19)26-24(18-32(31-26)25-5-3-2-4-6-25)17-29-27(33)30-28-14-20-11-21(15-28)13-22(12-20)16-28/h2-10,18,20-22H,11-17H2,1H3,(H2,29,30,33). The first-order valence-electron chi connectivity index (χ1n) is 12.3. The summed E-state index contributed by atoms with van der Waals surface area (Å²) in [6, 6.07) is 18.9. The van der Waals surface area contributed by atoms with E-state index >= 15 is 0 Å². The van der Waals surface area contributed by atoms with Gasteiger partial charge in [0.25, 0.3) is 0 Å². The number of rotatable bonds is 5. The Labute approximate surface area is 201 Å². The maximum atomic E-state index is 5.82. The predicted octanol–water partition coefficient (Wildman–Crippen LogP) is 5.78. The molecule has 4 bridgehead atoms. The van der Waals surface area contributed by atoms with E-state index in [1.165, 1.54) is 44.1 Å². The normalized spacial score (nSPS) is 27.5. The van der Waals surface area contributed by atoms with Crippen LogP contribution in [0.4, 0.5) is 0 Å². The number of thiocarbonyl (C=S) groups is 1. The van der Waals surface area contributed by atoms with Crippen molar-refractivity contribution in [2.45, 2.75) is 57.5 Å². The number of nitrogens with one attached hydrogen (secondary N) is 2. The van der Waals surface area contributed by atoms with E-state index in [1.54, 1.807) is 0 Å². The van der Waals surface area contributed by atoms with Crippen LogP contribution in [0.5, 0.6) is 0 Å². The molecule has 170 valence electrons. The molecule has 0 saturated heterocycles. The quantitative estimate of drug-likeness (QED) is 0.478. The lowest BCUT2D eigenvalue weighted by molar-refractivity contribution is -0.0101. The Bertz CT molecular complexity index is 1110. The highest BCUT2D eigenvalue weighted by atomic mass is 32.1. The molecule has 4 aliphatic carbocycles. The zero-order valence-corrected chi connectivity index (χ0v) is 20.1. The largest absolute Gasteiger partial charge is 0.359 e. The molecular weight excluding hydrogens is 424 g/mol. The van der Waals surface area contributed by atoms with Crippen LogP contribution in [0, 0.1) is 24.7 Å². The number of aromatic nitrogens is 2. The lowest BCUT2D eigenvalue weighted by atomic mass is 9.53. The minimum absolute atomic E-state index is 0.229. The number of aryl methyl sites for hydroxylation is 1.